The van der Waals surface area contributed by atoms with Crippen molar-refractivity contribution < 1.29 is 27.6 Å². The molecule has 0 fully saturated rings. The summed E-state index contributed by atoms with van der Waals surface area (Å²) in [5.41, 5.74) is -3.28. The fourth-order valence-corrected chi connectivity index (χ4v) is 1.90. The zero-order valence-electron chi connectivity index (χ0n) is 12.3. The maximum Gasteiger partial charge on any atom is 0.435 e. The van der Waals surface area contributed by atoms with Crippen molar-refractivity contribution in [2.75, 3.05) is 0 Å². The summed E-state index contributed by atoms with van der Waals surface area (Å²) in [6.45, 7) is 4.71. The van der Waals surface area contributed by atoms with Gasteiger partial charge in [-0.15, -0.1) is 0 Å². The average Bonchev–Trinajstić information content (AvgIpc) is 2.77. The molecule has 7 nitrogen and oxygen atoms in total. The minimum absolute atomic E-state index is 0.347. The van der Waals surface area contributed by atoms with Crippen molar-refractivity contribution >= 4 is 22.7 Å². The third-order valence-corrected chi connectivity index (χ3v) is 2.76. The lowest BCUT2D eigenvalue weighted by atomic mass is 10.1. The van der Waals surface area contributed by atoms with Crippen LogP contribution in [0.1, 0.15) is 26.3 Å². The van der Waals surface area contributed by atoms with Gasteiger partial charge in [0, 0.05) is 17.5 Å². The molecule has 10 heteroatoms. The van der Waals surface area contributed by atoms with Gasteiger partial charge in [-0.25, -0.2) is 4.79 Å². The standard InChI is InChI=1S/C13H12F3N3O4/c1-12(2,3)23-11(20)18-10-5-7(19(21)22)4-9(13(14,15)16)8(10)6-17-18/h4-6H,1-3H3. The van der Waals surface area contributed by atoms with Crippen LogP contribution in [0.15, 0.2) is 18.3 Å². The van der Waals surface area contributed by atoms with E-state index in [9.17, 15) is 28.1 Å². The van der Waals surface area contributed by atoms with Crippen molar-refractivity contribution in [1.82, 2.24) is 9.78 Å². The molecule has 0 bridgehead atoms. The first-order valence-corrected chi connectivity index (χ1v) is 6.37. The summed E-state index contributed by atoms with van der Waals surface area (Å²) in [7, 11) is 0. The Balaban J connectivity index is 2.69. The lowest BCUT2D eigenvalue weighted by molar-refractivity contribution is -0.385. The molecule has 2 aromatic rings. The van der Waals surface area contributed by atoms with Crippen LogP contribution >= 0.6 is 0 Å². The molecule has 0 spiro atoms. The van der Waals surface area contributed by atoms with Gasteiger partial charge in [0.1, 0.15) is 5.60 Å². The van der Waals surface area contributed by atoms with Crippen molar-refractivity contribution in [3.63, 3.8) is 0 Å². The van der Waals surface area contributed by atoms with Gasteiger partial charge in [-0.2, -0.15) is 23.0 Å². The van der Waals surface area contributed by atoms with Crippen LogP contribution in [0.2, 0.25) is 0 Å². The highest BCUT2D eigenvalue weighted by Crippen LogP contribution is 2.37. The Hall–Kier alpha value is -2.65. The summed E-state index contributed by atoms with van der Waals surface area (Å²) < 4.78 is 44.8. The van der Waals surface area contributed by atoms with Crippen molar-refractivity contribution in [1.29, 1.82) is 0 Å². The van der Waals surface area contributed by atoms with E-state index in [-0.39, 0.29) is 5.52 Å². The normalized spacial score (nSPS) is 12.4. The summed E-state index contributed by atoms with van der Waals surface area (Å²) in [5, 5.41) is 14.0. The highest BCUT2D eigenvalue weighted by Gasteiger charge is 2.36. The number of nitro groups is 1. The molecule has 0 aliphatic heterocycles. The Kier molecular flexibility index (Phi) is 3.79. The van der Waals surface area contributed by atoms with Crippen molar-refractivity contribution in [2.45, 2.75) is 32.5 Å². The summed E-state index contributed by atoms with van der Waals surface area (Å²) in [6.07, 6.45) is -5.03. The molecule has 0 saturated heterocycles. The van der Waals surface area contributed by atoms with E-state index < -0.39 is 39.4 Å². The zero-order valence-corrected chi connectivity index (χ0v) is 12.3. The predicted octanol–water partition coefficient (Wildman–Crippen LogP) is 3.75. The lowest BCUT2D eigenvalue weighted by Gasteiger charge is -2.19. The van der Waals surface area contributed by atoms with Crippen molar-refractivity contribution in [3.8, 4) is 0 Å². The van der Waals surface area contributed by atoms with Gasteiger partial charge in [0.05, 0.1) is 22.2 Å². The number of rotatable bonds is 1. The number of aromatic nitrogens is 2. The Labute approximate surface area is 127 Å². The summed E-state index contributed by atoms with van der Waals surface area (Å²) in [6, 6.07) is 1.25. The molecule has 0 amide bonds. The number of fused-ring (bicyclic) bond motifs is 1. The van der Waals surface area contributed by atoms with Gasteiger partial charge >= 0.3 is 12.3 Å². The average molecular weight is 331 g/mol. The van der Waals surface area contributed by atoms with Gasteiger partial charge in [0.2, 0.25) is 0 Å². The number of carbonyl (C=O) groups excluding carboxylic acids is 1. The molecule has 1 aromatic heterocycles. The molecule has 0 atom stereocenters. The molecular formula is C13H12F3N3O4. The highest BCUT2D eigenvalue weighted by atomic mass is 19.4. The summed E-state index contributed by atoms with van der Waals surface area (Å²) >= 11 is 0. The molecule has 0 N–H and O–H groups in total. The number of non-ortho nitro benzene ring substituents is 1. The smallest absolute Gasteiger partial charge is 0.435 e. The number of nitrogens with zero attached hydrogens (tertiary/aromatic N) is 3. The minimum atomic E-state index is -4.83. The van der Waals surface area contributed by atoms with E-state index in [1.165, 1.54) is 0 Å². The number of benzene rings is 1. The Bertz CT molecular complexity index is 790. The van der Waals surface area contributed by atoms with Gasteiger partial charge < -0.3 is 4.74 Å². The van der Waals surface area contributed by atoms with Gasteiger partial charge in [0.15, 0.2) is 0 Å². The first kappa shape index (κ1) is 16.7. The van der Waals surface area contributed by atoms with E-state index in [0.717, 1.165) is 12.3 Å². The van der Waals surface area contributed by atoms with Crippen LogP contribution in [-0.4, -0.2) is 26.4 Å². The maximum atomic E-state index is 13.1. The molecule has 23 heavy (non-hydrogen) atoms. The first-order chi connectivity index (χ1) is 10.4. The topological polar surface area (TPSA) is 87.3 Å². The zero-order chi connectivity index (χ0) is 17.6. The Morgan fingerprint density at radius 1 is 1.30 bits per heavy atom. The maximum absolute atomic E-state index is 13.1. The second-order valence-electron chi connectivity index (χ2n) is 5.72. The van der Waals surface area contributed by atoms with Gasteiger partial charge in [-0.3, -0.25) is 10.1 Å². The third kappa shape index (κ3) is 3.41. The largest absolute Gasteiger partial charge is 0.442 e. The lowest BCUT2D eigenvalue weighted by Crippen LogP contribution is -2.27. The van der Waals surface area contributed by atoms with Crippen LogP contribution in [0.5, 0.6) is 0 Å². The molecular weight excluding hydrogens is 319 g/mol. The van der Waals surface area contributed by atoms with Crippen LogP contribution in [-0.2, 0) is 10.9 Å². The van der Waals surface area contributed by atoms with Gasteiger partial charge in [-0.1, -0.05) is 0 Å². The van der Waals surface area contributed by atoms with Crippen LogP contribution < -0.4 is 0 Å². The quantitative estimate of drug-likeness (QED) is 0.587. The third-order valence-electron chi connectivity index (χ3n) is 2.76. The van der Waals surface area contributed by atoms with E-state index in [0.29, 0.717) is 10.7 Å². The van der Waals surface area contributed by atoms with E-state index in [1.807, 2.05) is 0 Å². The fourth-order valence-electron chi connectivity index (χ4n) is 1.90. The Morgan fingerprint density at radius 3 is 2.39 bits per heavy atom. The molecule has 0 aliphatic rings. The van der Waals surface area contributed by atoms with Crippen molar-refractivity contribution in [2.24, 2.45) is 0 Å². The number of hydrogen-bond donors (Lipinski definition) is 0. The SMILES string of the molecule is CC(C)(C)OC(=O)n1ncc2c(C(F)(F)F)cc([N+](=O)[O-])cc21. The van der Waals surface area contributed by atoms with E-state index >= 15 is 0 Å². The highest BCUT2D eigenvalue weighted by molar-refractivity contribution is 5.91. The van der Waals surface area contributed by atoms with Crippen LogP contribution in [0.25, 0.3) is 10.9 Å². The molecule has 0 unspecified atom stereocenters. The number of hydrogen-bond acceptors (Lipinski definition) is 5. The molecule has 0 aliphatic carbocycles. The first-order valence-electron chi connectivity index (χ1n) is 6.37. The second-order valence-corrected chi connectivity index (χ2v) is 5.72. The number of halogens is 3. The molecule has 1 heterocycles. The van der Waals surface area contributed by atoms with Gasteiger partial charge in [0.25, 0.3) is 5.69 Å². The number of ether oxygens (including phenoxy) is 1. The van der Waals surface area contributed by atoms with Crippen LogP contribution in [0, 0.1) is 10.1 Å². The number of nitro benzene ring substituents is 1. The number of carbonyl (C=O) groups is 1. The second kappa shape index (κ2) is 5.21. The number of alkyl halides is 3. The van der Waals surface area contributed by atoms with Crippen molar-refractivity contribution in [3.05, 3.63) is 34.0 Å². The predicted molar refractivity (Wildman–Crippen MR) is 73.0 cm³/mol. The minimum Gasteiger partial charge on any atom is -0.442 e. The van der Waals surface area contributed by atoms with E-state index in [4.69, 9.17) is 4.74 Å². The van der Waals surface area contributed by atoms with E-state index in [2.05, 4.69) is 5.10 Å². The molecule has 0 radical (unpaired) electrons. The summed E-state index contributed by atoms with van der Waals surface area (Å²) in [4.78, 5) is 21.9. The molecule has 2 rings (SSSR count). The molecule has 0 saturated carbocycles. The van der Waals surface area contributed by atoms with Crippen LogP contribution in [0.3, 0.4) is 0 Å². The Morgan fingerprint density at radius 2 is 1.91 bits per heavy atom. The monoisotopic (exact) mass is 331 g/mol. The molecule has 124 valence electrons. The van der Waals surface area contributed by atoms with E-state index in [1.54, 1.807) is 20.8 Å². The summed E-state index contributed by atoms with van der Waals surface area (Å²) in [5.74, 6) is 0. The fraction of sp³-hybridized carbons (Fsp3) is 0.385. The van der Waals surface area contributed by atoms with Crippen LogP contribution in [0.4, 0.5) is 23.7 Å². The molecule has 1 aromatic carbocycles. The van der Waals surface area contributed by atoms with Gasteiger partial charge in [-0.05, 0) is 20.8 Å².